The number of hydrogen-bond acceptors (Lipinski definition) is 7. The Balaban J connectivity index is 0.00000280. The van der Waals surface area contributed by atoms with Crippen LogP contribution < -0.4 is 14.7 Å². The van der Waals surface area contributed by atoms with Crippen LogP contribution >= 0.6 is 0 Å². The second-order valence-electron chi connectivity index (χ2n) is 9.35. The van der Waals surface area contributed by atoms with Crippen molar-refractivity contribution < 1.29 is 19.1 Å². The van der Waals surface area contributed by atoms with Gasteiger partial charge in [-0.25, -0.2) is 9.78 Å². The predicted octanol–water partition coefficient (Wildman–Crippen LogP) is 3.98. The molecule has 0 saturated heterocycles. The monoisotopic (exact) mass is 499 g/mol. The molecule has 0 N–H and O–H groups in total. The first kappa shape index (κ1) is 24.4. The van der Waals surface area contributed by atoms with Crippen molar-refractivity contribution in [3.05, 3.63) is 77.1 Å². The smallest absolute Gasteiger partial charge is 0.338 e. The lowest BCUT2D eigenvalue weighted by Crippen LogP contribution is -2.52. The summed E-state index contributed by atoms with van der Waals surface area (Å²) in [6, 6.07) is 11.9. The van der Waals surface area contributed by atoms with Crippen LogP contribution in [0.4, 0.5) is 17.3 Å². The molecule has 1 fully saturated rings. The van der Waals surface area contributed by atoms with Gasteiger partial charge in [-0.3, -0.25) is 19.5 Å². The third-order valence-corrected chi connectivity index (χ3v) is 7.23. The van der Waals surface area contributed by atoms with Crippen LogP contribution in [-0.2, 0) is 9.53 Å². The molecule has 9 nitrogen and oxygen atoms in total. The summed E-state index contributed by atoms with van der Waals surface area (Å²) in [7, 11) is 3.05. The van der Waals surface area contributed by atoms with Crippen LogP contribution in [0, 0.1) is 0 Å². The number of ether oxygens (including phenoxy) is 1. The number of aromatic nitrogens is 2. The molecule has 0 radical (unpaired) electrons. The largest absolute Gasteiger partial charge is 0.465 e. The predicted molar refractivity (Wildman–Crippen MR) is 140 cm³/mol. The van der Waals surface area contributed by atoms with Gasteiger partial charge in [0.05, 0.1) is 30.0 Å². The lowest BCUT2D eigenvalue weighted by atomic mass is 9.96. The summed E-state index contributed by atoms with van der Waals surface area (Å²) < 4.78 is 4.97. The van der Waals surface area contributed by atoms with Gasteiger partial charge in [-0.1, -0.05) is 25.6 Å². The Bertz CT molecular complexity index is 1400. The van der Waals surface area contributed by atoms with Gasteiger partial charge in [-0.05, 0) is 55.2 Å². The molecule has 2 aromatic heterocycles. The number of benzene rings is 1. The van der Waals surface area contributed by atoms with Gasteiger partial charge in [0.15, 0.2) is 5.82 Å². The van der Waals surface area contributed by atoms with E-state index < -0.39 is 12.0 Å². The summed E-state index contributed by atoms with van der Waals surface area (Å²) in [4.78, 5) is 54.0. The topological polar surface area (TPSA) is 95.9 Å². The van der Waals surface area contributed by atoms with Crippen molar-refractivity contribution in [2.45, 2.75) is 45.3 Å². The van der Waals surface area contributed by atoms with Crippen LogP contribution in [0.3, 0.4) is 0 Å². The molecule has 0 bridgehead atoms. The van der Waals surface area contributed by atoms with Crippen LogP contribution in [0.5, 0.6) is 0 Å². The highest BCUT2D eigenvalue weighted by molar-refractivity contribution is 6.16. The highest BCUT2D eigenvalue weighted by atomic mass is 16.5. The van der Waals surface area contributed by atoms with E-state index in [1.54, 1.807) is 47.4 Å². The summed E-state index contributed by atoms with van der Waals surface area (Å²) in [5.41, 5.74) is 2.72. The minimum atomic E-state index is -0.570. The van der Waals surface area contributed by atoms with E-state index in [9.17, 15) is 14.4 Å². The Kier molecular flexibility index (Phi) is 5.94. The molecule has 37 heavy (non-hydrogen) atoms. The lowest BCUT2D eigenvalue weighted by Gasteiger charge is -2.40. The number of pyridine rings is 2. The molecule has 2 amide bonds. The molecule has 2 atom stereocenters. The summed E-state index contributed by atoms with van der Waals surface area (Å²) in [6.45, 7) is 1.90. The fraction of sp³-hybridized carbons (Fsp3) is 0.321. The minimum absolute atomic E-state index is 0. The van der Waals surface area contributed by atoms with E-state index >= 15 is 0 Å². The molecule has 2 aliphatic heterocycles. The number of amides is 2. The summed E-state index contributed by atoms with van der Waals surface area (Å²) in [5.74, 6) is 0.245. The van der Waals surface area contributed by atoms with Crippen molar-refractivity contribution in [1.82, 2.24) is 9.97 Å². The van der Waals surface area contributed by atoms with Crippen molar-refractivity contribution in [2.24, 2.45) is 0 Å². The molecule has 2 unspecified atom stereocenters. The van der Waals surface area contributed by atoms with Crippen LogP contribution in [0.25, 0.3) is 0 Å². The quantitative estimate of drug-likeness (QED) is 0.501. The van der Waals surface area contributed by atoms with Crippen LogP contribution in [0.15, 0.2) is 54.9 Å². The second kappa shape index (κ2) is 8.99. The van der Waals surface area contributed by atoms with E-state index in [1.807, 2.05) is 31.2 Å². The first-order valence-corrected chi connectivity index (χ1v) is 11.9. The van der Waals surface area contributed by atoms with E-state index in [-0.39, 0.29) is 36.9 Å². The van der Waals surface area contributed by atoms with Gasteiger partial charge in [0.1, 0.15) is 11.9 Å². The molecule has 190 valence electrons. The van der Waals surface area contributed by atoms with Crippen LogP contribution in [-0.4, -0.2) is 54.0 Å². The Hall–Kier alpha value is -4.27. The van der Waals surface area contributed by atoms with E-state index in [2.05, 4.69) is 9.88 Å². The number of esters is 1. The first-order chi connectivity index (χ1) is 17.4. The minimum Gasteiger partial charge on any atom is -0.465 e. The molecule has 4 heterocycles. The zero-order valence-corrected chi connectivity index (χ0v) is 20.2. The third kappa shape index (κ3) is 3.64. The van der Waals surface area contributed by atoms with Crippen molar-refractivity contribution in [1.29, 1.82) is 0 Å². The normalized spacial score (nSPS) is 20.4. The summed E-state index contributed by atoms with van der Waals surface area (Å²) in [6.07, 6.45) is 5.40. The Labute approximate surface area is 215 Å². The van der Waals surface area contributed by atoms with Gasteiger partial charge in [-0.2, -0.15) is 0 Å². The van der Waals surface area contributed by atoms with E-state index in [0.29, 0.717) is 28.5 Å². The molecule has 0 spiro atoms. The van der Waals surface area contributed by atoms with Gasteiger partial charge >= 0.3 is 5.97 Å². The molecule has 1 aromatic carbocycles. The van der Waals surface area contributed by atoms with E-state index in [1.165, 1.54) is 7.11 Å². The standard InChI is InChI=1S/C27H25N5O4.CH4/c1-15-25(33)30(2)20-11-12-21(29-24(20)31(15)17-9-10-17)32-23(16-6-5-13-28-14-16)18-7-4-8-19(27(35)36-3)22(18)26(32)34;/h4-8,11-15,17,23H,9-10H2,1-3H3;1H4. The fourth-order valence-corrected chi connectivity index (χ4v) is 5.36. The number of carbonyl (C=O) groups is 3. The van der Waals surface area contributed by atoms with Gasteiger partial charge in [0, 0.05) is 25.5 Å². The fourth-order valence-electron chi connectivity index (χ4n) is 5.36. The number of nitrogens with zero attached hydrogens (tertiary/aromatic N) is 5. The third-order valence-electron chi connectivity index (χ3n) is 7.23. The average molecular weight is 500 g/mol. The van der Waals surface area contributed by atoms with E-state index in [0.717, 1.165) is 18.4 Å². The SMILES string of the molecule is C.COC(=O)c1cccc2c1C(=O)N(c1ccc3c(n1)N(C1CC1)C(C)C(=O)N3C)C2c1cccnc1. The molecular weight excluding hydrogens is 470 g/mol. The number of carbonyl (C=O) groups excluding carboxylic acids is 3. The second-order valence-corrected chi connectivity index (χ2v) is 9.35. The maximum absolute atomic E-state index is 14.0. The van der Waals surface area contributed by atoms with Gasteiger partial charge in [-0.15, -0.1) is 0 Å². The number of fused-ring (bicyclic) bond motifs is 2. The highest BCUT2D eigenvalue weighted by Gasteiger charge is 2.45. The first-order valence-electron chi connectivity index (χ1n) is 11.9. The van der Waals surface area contributed by atoms with Crippen molar-refractivity contribution in [2.75, 3.05) is 28.9 Å². The number of likely N-dealkylation sites (N-methyl/N-ethyl adjacent to an activating group) is 1. The van der Waals surface area contributed by atoms with Crippen molar-refractivity contribution in [3.63, 3.8) is 0 Å². The van der Waals surface area contributed by atoms with Crippen molar-refractivity contribution >= 4 is 35.1 Å². The lowest BCUT2D eigenvalue weighted by molar-refractivity contribution is -0.119. The van der Waals surface area contributed by atoms with Gasteiger partial charge in [0.2, 0.25) is 5.91 Å². The van der Waals surface area contributed by atoms with Crippen LogP contribution in [0.2, 0.25) is 0 Å². The Morgan fingerprint density at radius 2 is 1.86 bits per heavy atom. The summed E-state index contributed by atoms with van der Waals surface area (Å²) >= 11 is 0. The van der Waals surface area contributed by atoms with Gasteiger partial charge < -0.3 is 14.5 Å². The number of hydrogen-bond donors (Lipinski definition) is 0. The molecule has 3 aliphatic rings. The zero-order chi connectivity index (χ0) is 25.1. The maximum atomic E-state index is 14.0. The number of methoxy groups -OCH3 is 1. The summed E-state index contributed by atoms with van der Waals surface area (Å²) in [5, 5.41) is 0. The number of rotatable bonds is 4. The van der Waals surface area contributed by atoms with Crippen molar-refractivity contribution in [3.8, 4) is 0 Å². The van der Waals surface area contributed by atoms with Gasteiger partial charge in [0.25, 0.3) is 5.91 Å². The average Bonchev–Trinajstić information content (AvgIpc) is 3.70. The van der Waals surface area contributed by atoms with Crippen LogP contribution in [0.1, 0.15) is 65.1 Å². The molecular formula is C28H29N5O4. The molecule has 1 saturated carbocycles. The maximum Gasteiger partial charge on any atom is 0.338 e. The Morgan fingerprint density at radius 1 is 1.08 bits per heavy atom. The highest BCUT2D eigenvalue weighted by Crippen LogP contribution is 2.46. The molecule has 3 aromatic rings. The van der Waals surface area contributed by atoms with E-state index in [4.69, 9.17) is 9.72 Å². The number of anilines is 3. The molecule has 1 aliphatic carbocycles. The Morgan fingerprint density at radius 3 is 2.54 bits per heavy atom. The molecule has 9 heteroatoms. The molecule has 6 rings (SSSR count). The zero-order valence-electron chi connectivity index (χ0n) is 20.2.